The maximum atomic E-state index is 5.39. The number of methoxy groups -OCH3 is 1. The molecule has 26 heavy (non-hydrogen) atoms. The number of para-hydroxylation sites is 1. The van der Waals surface area contributed by atoms with Crippen LogP contribution in [0.2, 0.25) is 0 Å². The Kier molecular flexibility index (Phi) is 6.23. The Labute approximate surface area is 161 Å². The molecule has 1 N–H and O–H groups in total. The number of halogens is 1. The third-order valence-electron chi connectivity index (χ3n) is 5.44. The van der Waals surface area contributed by atoms with Crippen molar-refractivity contribution in [2.45, 2.75) is 25.2 Å². The van der Waals surface area contributed by atoms with E-state index in [9.17, 15) is 0 Å². The van der Waals surface area contributed by atoms with Crippen LogP contribution in [0.4, 0.5) is 0 Å². The summed E-state index contributed by atoms with van der Waals surface area (Å²) in [6.07, 6.45) is 5.83. The molecule has 1 aliphatic heterocycles. The Morgan fingerprint density at radius 3 is 2.92 bits per heavy atom. The first kappa shape index (κ1) is 18.8. The molecule has 4 heteroatoms. The lowest BCUT2D eigenvalue weighted by Gasteiger charge is -2.33. The highest BCUT2D eigenvalue weighted by molar-refractivity contribution is 5.85. The molecule has 1 fully saturated rings. The molecule has 0 bridgehead atoms. The summed E-state index contributed by atoms with van der Waals surface area (Å²) in [6, 6.07) is 17.2. The SMILES string of the molecule is COc1cccc(C2CCCN(CCc3c[nH]c4ccccc34)C2)c1.Cl. The molecule has 4 rings (SSSR count). The highest BCUT2D eigenvalue weighted by Gasteiger charge is 2.21. The zero-order valence-electron chi connectivity index (χ0n) is 15.3. The number of rotatable bonds is 5. The summed E-state index contributed by atoms with van der Waals surface area (Å²) < 4.78 is 5.39. The van der Waals surface area contributed by atoms with Gasteiger partial charge in [-0.25, -0.2) is 0 Å². The summed E-state index contributed by atoms with van der Waals surface area (Å²) in [5.74, 6) is 1.58. The fourth-order valence-corrected chi connectivity index (χ4v) is 4.04. The number of piperidine rings is 1. The average Bonchev–Trinajstić information content (AvgIpc) is 3.10. The lowest BCUT2D eigenvalue weighted by atomic mass is 9.90. The molecular weight excluding hydrogens is 344 g/mol. The van der Waals surface area contributed by atoms with Gasteiger partial charge in [-0.2, -0.15) is 0 Å². The van der Waals surface area contributed by atoms with Crippen LogP contribution in [0.1, 0.15) is 29.9 Å². The van der Waals surface area contributed by atoms with Gasteiger partial charge >= 0.3 is 0 Å². The van der Waals surface area contributed by atoms with Crippen molar-refractivity contribution >= 4 is 23.3 Å². The zero-order chi connectivity index (χ0) is 17.1. The standard InChI is InChI=1S/C22H26N2O.ClH/c1-25-20-8-4-6-17(14-20)19-7-5-12-24(16-19)13-11-18-15-23-22-10-3-2-9-21(18)22;/h2-4,6,8-10,14-15,19,23H,5,7,11-13,16H2,1H3;1H. The Morgan fingerprint density at radius 1 is 1.15 bits per heavy atom. The smallest absolute Gasteiger partial charge is 0.119 e. The van der Waals surface area contributed by atoms with Crippen molar-refractivity contribution in [2.75, 3.05) is 26.7 Å². The molecule has 2 aromatic carbocycles. The molecule has 3 nitrogen and oxygen atoms in total. The third-order valence-corrected chi connectivity index (χ3v) is 5.44. The van der Waals surface area contributed by atoms with Gasteiger partial charge in [-0.1, -0.05) is 30.3 Å². The number of nitrogens with zero attached hydrogens (tertiary/aromatic N) is 1. The van der Waals surface area contributed by atoms with E-state index in [0.29, 0.717) is 5.92 Å². The van der Waals surface area contributed by atoms with Crippen LogP contribution in [0.5, 0.6) is 5.75 Å². The fraction of sp³-hybridized carbons (Fsp3) is 0.364. The van der Waals surface area contributed by atoms with Crippen molar-refractivity contribution in [3.05, 3.63) is 65.9 Å². The predicted molar refractivity (Wildman–Crippen MR) is 111 cm³/mol. The average molecular weight is 371 g/mol. The van der Waals surface area contributed by atoms with Crippen LogP contribution < -0.4 is 4.74 Å². The van der Waals surface area contributed by atoms with Gasteiger partial charge in [-0.15, -0.1) is 12.4 Å². The molecule has 1 aromatic heterocycles. The van der Waals surface area contributed by atoms with Crippen molar-refractivity contribution in [1.82, 2.24) is 9.88 Å². The molecule has 138 valence electrons. The van der Waals surface area contributed by atoms with Gasteiger partial charge in [0.15, 0.2) is 0 Å². The Morgan fingerprint density at radius 2 is 2.04 bits per heavy atom. The fourth-order valence-electron chi connectivity index (χ4n) is 4.04. The number of ether oxygens (including phenoxy) is 1. The molecule has 0 aliphatic carbocycles. The predicted octanol–water partition coefficient (Wildman–Crippen LogP) is 5.02. The number of aromatic amines is 1. The summed E-state index contributed by atoms with van der Waals surface area (Å²) in [6.45, 7) is 3.49. The number of H-pyrrole nitrogens is 1. The van der Waals surface area contributed by atoms with E-state index in [1.54, 1.807) is 7.11 Å². The number of likely N-dealkylation sites (tertiary alicyclic amines) is 1. The van der Waals surface area contributed by atoms with E-state index in [1.165, 1.54) is 41.4 Å². The van der Waals surface area contributed by atoms with Crippen molar-refractivity contribution in [3.63, 3.8) is 0 Å². The van der Waals surface area contributed by atoms with Crippen molar-refractivity contribution in [1.29, 1.82) is 0 Å². The van der Waals surface area contributed by atoms with E-state index in [2.05, 4.69) is 58.5 Å². The molecule has 2 heterocycles. The molecule has 1 aliphatic rings. The lowest BCUT2D eigenvalue weighted by molar-refractivity contribution is 0.210. The van der Waals surface area contributed by atoms with Gasteiger partial charge in [-0.05, 0) is 61.1 Å². The van der Waals surface area contributed by atoms with Gasteiger partial charge in [0.2, 0.25) is 0 Å². The third kappa shape index (κ3) is 4.05. The van der Waals surface area contributed by atoms with Crippen LogP contribution in [0, 0.1) is 0 Å². The van der Waals surface area contributed by atoms with E-state index in [0.717, 1.165) is 25.3 Å². The molecular formula is C22H27ClN2O. The maximum Gasteiger partial charge on any atom is 0.119 e. The van der Waals surface area contributed by atoms with Crippen LogP contribution in [0.15, 0.2) is 54.7 Å². The summed E-state index contributed by atoms with van der Waals surface area (Å²) in [5.41, 5.74) is 4.08. The second-order valence-electron chi connectivity index (χ2n) is 7.03. The van der Waals surface area contributed by atoms with Gasteiger partial charge in [-0.3, -0.25) is 0 Å². The molecule has 0 spiro atoms. The maximum absolute atomic E-state index is 5.39. The van der Waals surface area contributed by atoms with E-state index in [1.807, 2.05) is 6.07 Å². The topological polar surface area (TPSA) is 28.3 Å². The lowest BCUT2D eigenvalue weighted by Crippen LogP contribution is -2.35. The highest BCUT2D eigenvalue weighted by atomic mass is 35.5. The first-order valence-electron chi connectivity index (χ1n) is 9.25. The van der Waals surface area contributed by atoms with Crippen molar-refractivity contribution < 1.29 is 4.74 Å². The monoisotopic (exact) mass is 370 g/mol. The Hall–Kier alpha value is -1.97. The van der Waals surface area contributed by atoms with Crippen molar-refractivity contribution in [3.8, 4) is 5.75 Å². The second-order valence-corrected chi connectivity index (χ2v) is 7.03. The highest BCUT2D eigenvalue weighted by Crippen LogP contribution is 2.29. The van der Waals surface area contributed by atoms with Crippen LogP contribution in [0.25, 0.3) is 10.9 Å². The van der Waals surface area contributed by atoms with Gasteiger partial charge in [0.25, 0.3) is 0 Å². The number of aromatic nitrogens is 1. The van der Waals surface area contributed by atoms with Gasteiger partial charge in [0.05, 0.1) is 7.11 Å². The van der Waals surface area contributed by atoms with Crippen LogP contribution in [-0.4, -0.2) is 36.6 Å². The van der Waals surface area contributed by atoms with Gasteiger partial charge in [0.1, 0.15) is 5.75 Å². The minimum atomic E-state index is 0. The van der Waals surface area contributed by atoms with E-state index in [-0.39, 0.29) is 12.4 Å². The first-order chi connectivity index (χ1) is 12.3. The minimum Gasteiger partial charge on any atom is -0.497 e. The normalized spacial score (nSPS) is 17.8. The zero-order valence-corrected chi connectivity index (χ0v) is 16.1. The first-order valence-corrected chi connectivity index (χ1v) is 9.25. The number of hydrogen-bond donors (Lipinski definition) is 1. The molecule has 1 unspecified atom stereocenters. The van der Waals surface area contributed by atoms with Gasteiger partial charge < -0.3 is 14.6 Å². The van der Waals surface area contributed by atoms with Crippen LogP contribution >= 0.6 is 12.4 Å². The number of hydrogen-bond acceptors (Lipinski definition) is 2. The van der Waals surface area contributed by atoms with Crippen LogP contribution in [0.3, 0.4) is 0 Å². The van der Waals surface area contributed by atoms with Crippen LogP contribution in [-0.2, 0) is 6.42 Å². The Balaban J connectivity index is 0.00000196. The van der Waals surface area contributed by atoms with E-state index < -0.39 is 0 Å². The molecule has 1 saturated heterocycles. The summed E-state index contributed by atoms with van der Waals surface area (Å²) in [7, 11) is 1.74. The molecule has 1 atom stereocenters. The molecule has 0 radical (unpaired) electrons. The minimum absolute atomic E-state index is 0. The van der Waals surface area contributed by atoms with Crippen molar-refractivity contribution in [2.24, 2.45) is 0 Å². The summed E-state index contributed by atoms with van der Waals surface area (Å²) >= 11 is 0. The quantitative estimate of drug-likeness (QED) is 0.683. The Bertz CT molecular complexity index is 845. The number of benzene rings is 2. The number of nitrogens with one attached hydrogen (secondary N) is 1. The summed E-state index contributed by atoms with van der Waals surface area (Å²) in [5, 5.41) is 1.36. The van der Waals surface area contributed by atoms with E-state index in [4.69, 9.17) is 4.74 Å². The molecule has 3 aromatic rings. The second kappa shape index (κ2) is 8.61. The van der Waals surface area contributed by atoms with Gasteiger partial charge in [0, 0.05) is 30.2 Å². The molecule has 0 amide bonds. The summed E-state index contributed by atoms with van der Waals surface area (Å²) in [4.78, 5) is 6.01. The largest absolute Gasteiger partial charge is 0.497 e. The number of fused-ring (bicyclic) bond motifs is 1. The van der Waals surface area contributed by atoms with E-state index >= 15 is 0 Å². The molecule has 0 saturated carbocycles.